The number of unbranched alkanes of at least 4 members (excludes halogenated alkanes) is 1. The molecule has 4 aromatic rings. The molecule has 0 spiro atoms. The lowest BCUT2D eigenvalue weighted by Crippen LogP contribution is -2.31. The Kier molecular flexibility index (Phi) is 7.34. The van der Waals surface area contributed by atoms with Crippen LogP contribution in [0.25, 0.3) is 16.6 Å². The van der Waals surface area contributed by atoms with Crippen LogP contribution in [-0.4, -0.2) is 26.9 Å². The van der Waals surface area contributed by atoms with Gasteiger partial charge in [-0.05, 0) is 73.2 Å². The fraction of sp³-hybridized carbons (Fsp3) is 0.185. The maximum Gasteiger partial charge on any atom is 0.292 e. The number of nitrogens with zero attached hydrogens (tertiary/aromatic N) is 4. The van der Waals surface area contributed by atoms with Crippen LogP contribution in [-0.2, 0) is 6.42 Å². The number of H-pyrrole nitrogens is 1. The van der Waals surface area contributed by atoms with Crippen molar-refractivity contribution in [3.8, 4) is 11.8 Å². The van der Waals surface area contributed by atoms with Crippen LogP contribution in [0.2, 0.25) is 0 Å². The maximum atomic E-state index is 13.3. The molecular formula is C27H23FN6O3. The Morgan fingerprint density at radius 3 is 2.68 bits per heavy atom. The van der Waals surface area contributed by atoms with Gasteiger partial charge in [-0.25, -0.2) is 9.82 Å². The van der Waals surface area contributed by atoms with E-state index >= 15 is 0 Å². The van der Waals surface area contributed by atoms with Crippen molar-refractivity contribution in [3.63, 3.8) is 0 Å². The first-order valence-corrected chi connectivity index (χ1v) is 11.6. The zero-order chi connectivity index (χ0) is 26.5. The van der Waals surface area contributed by atoms with Gasteiger partial charge in [0.05, 0.1) is 17.5 Å². The van der Waals surface area contributed by atoms with E-state index in [1.54, 1.807) is 12.1 Å². The number of benzene rings is 2. The number of hydrogen-bond acceptors (Lipinski definition) is 6. The van der Waals surface area contributed by atoms with Gasteiger partial charge in [0.1, 0.15) is 17.4 Å². The van der Waals surface area contributed by atoms with E-state index in [0.717, 1.165) is 47.0 Å². The van der Waals surface area contributed by atoms with Crippen LogP contribution in [0.1, 0.15) is 52.5 Å². The summed E-state index contributed by atoms with van der Waals surface area (Å²) in [5.41, 5.74) is 3.01. The van der Waals surface area contributed by atoms with Crippen molar-refractivity contribution in [2.75, 3.05) is 0 Å². The topological polar surface area (TPSA) is 133 Å². The van der Waals surface area contributed by atoms with E-state index in [2.05, 4.69) is 27.5 Å². The molecule has 0 atom stereocenters. The van der Waals surface area contributed by atoms with E-state index in [-0.39, 0.29) is 33.6 Å². The molecule has 10 heteroatoms. The van der Waals surface area contributed by atoms with Gasteiger partial charge in [-0.1, -0.05) is 19.4 Å². The first-order chi connectivity index (χ1) is 17.8. The Bertz CT molecular complexity index is 1680. The van der Waals surface area contributed by atoms with Gasteiger partial charge >= 0.3 is 0 Å². The van der Waals surface area contributed by atoms with Gasteiger partial charge in [0.2, 0.25) is 0 Å². The third kappa shape index (κ3) is 5.36. The van der Waals surface area contributed by atoms with Crippen molar-refractivity contribution < 1.29 is 9.18 Å². The van der Waals surface area contributed by atoms with Gasteiger partial charge in [0.15, 0.2) is 5.69 Å². The number of rotatable bonds is 7. The van der Waals surface area contributed by atoms with Crippen LogP contribution in [0.15, 0.2) is 63.2 Å². The molecule has 1 amide bonds. The second-order valence-electron chi connectivity index (χ2n) is 8.43. The number of pyridine rings is 1. The number of aromatic nitrogens is 3. The molecule has 0 unspecified atom stereocenters. The molecule has 2 aromatic heterocycles. The number of nitriles is 1. The van der Waals surface area contributed by atoms with Gasteiger partial charge in [0, 0.05) is 11.1 Å². The molecule has 0 saturated heterocycles. The SMILES string of the molecule is CCCCc1ccc2[nH]c(=O)c(/C=N/NC(=O)c3nn(-c4ccc(F)cc4)c(=O)c(C#N)c3C)cc2c1. The number of carbonyl (C=O) groups excluding carboxylic acids is 1. The molecular weight excluding hydrogens is 475 g/mol. The lowest BCUT2D eigenvalue weighted by atomic mass is 10.0. The van der Waals surface area contributed by atoms with E-state index in [0.29, 0.717) is 5.52 Å². The van der Waals surface area contributed by atoms with Gasteiger partial charge in [-0.2, -0.15) is 20.1 Å². The first-order valence-electron chi connectivity index (χ1n) is 11.6. The summed E-state index contributed by atoms with van der Waals surface area (Å²) in [7, 11) is 0. The minimum absolute atomic E-state index is 0.0710. The highest BCUT2D eigenvalue weighted by Gasteiger charge is 2.20. The number of carbonyl (C=O) groups is 1. The molecule has 0 radical (unpaired) electrons. The Labute approximate surface area is 210 Å². The Morgan fingerprint density at radius 2 is 1.97 bits per heavy atom. The highest BCUT2D eigenvalue weighted by atomic mass is 19.1. The van der Waals surface area contributed by atoms with Crippen LogP contribution in [0.4, 0.5) is 4.39 Å². The first kappa shape index (κ1) is 25.2. The summed E-state index contributed by atoms with van der Waals surface area (Å²) < 4.78 is 14.2. The van der Waals surface area contributed by atoms with E-state index in [1.165, 1.54) is 25.3 Å². The molecule has 4 rings (SSSR count). The lowest BCUT2D eigenvalue weighted by molar-refractivity contribution is 0.0947. The summed E-state index contributed by atoms with van der Waals surface area (Å²) in [5.74, 6) is -1.31. The molecule has 0 aliphatic rings. The highest BCUT2D eigenvalue weighted by molar-refractivity contribution is 5.95. The number of amides is 1. The van der Waals surface area contributed by atoms with E-state index in [9.17, 15) is 24.0 Å². The van der Waals surface area contributed by atoms with Crippen molar-refractivity contribution in [3.05, 3.63) is 103 Å². The molecule has 0 aliphatic carbocycles. The standard InChI is InChI=1S/C27H23FN6O3/c1-3-4-5-17-6-11-23-18(12-17)13-19(25(35)31-23)15-30-32-26(36)24-16(2)22(14-29)27(37)34(33-24)21-9-7-20(28)8-10-21/h6-13,15H,3-5H2,1-2H3,(H,31,35)(H,32,36)/b30-15+. The number of hydrazone groups is 1. The quantitative estimate of drug-likeness (QED) is 0.297. The van der Waals surface area contributed by atoms with Crippen molar-refractivity contribution >= 4 is 23.0 Å². The molecule has 37 heavy (non-hydrogen) atoms. The fourth-order valence-corrected chi connectivity index (χ4v) is 3.83. The summed E-state index contributed by atoms with van der Waals surface area (Å²) in [6.45, 7) is 3.54. The average molecular weight is 499 g/mol. The number of halogens is 1. The smallest absolute Gasteiger partial charge is 0.292 e. The number of nitrogens with one attached hydrogen (secondary N) is 2. The summed E-state index contributed by atoms with van der Waals surface area (Å²) in [4.78, 5) is 40.8. The van der Waals surface area contributed by atoms with E-state index < -0.39 is 17.3 Å². The van der Waals surface area contributed by atoms with Gasteiger partial charge in [-0.15, -0.1) is 0 Å². The Hall–Kier alpha value is -4.91. The van der Waals surface area contributed by atoms with E-state index in [4.69, 9.17) is 0 Å². The molecule has 2 N–H and O–H groups in total. The minimum atomic E-state index is -0.791. The Balaban J connectivity index is 1.63. The molecule has 186 valence electrons. The molecule has 0 aliphatic heterocycles. The second kappa shape index (κ2) is 10.8. The fourth-order valence-electron chi connectivity index (χ4n) is 3.83. The van der Waals surface area contributed by atoms with E-state index in [1.807, 2.05) is 18.2 Å². The van der Waals surface area contributed by atoms with Crippen LogP contribution < -0.4 is 16.5 Å². The van der Waals surface area contributed by atoms with Crippen LogP contribution in [0.5, 0.6) is 0 Å². The monoisotopic (exact) mass is 498 g/mol. The third-order valence-electron chi connectivity index (χ3n) is 5.86. The summed E-state index contributed by atoms with van der Waals surface area (Å²) in [6, 6.07) is 14.2. The average Bonchev–Trinajstić information content (AvgIpc) is 2.89. The Morgan fingerprint density at radius 1 is 1.22 bits per heavy atom. The summed E-state index contributed by atoms with van der Waals surface area (Å²) in [6.07, 6.45) is 4.28. The van der Waals surface area contributed by atoms with Gasteiger partial charge < -0.3 is 4.98 Å². The minimum Gasteiger partial charge on any atom is -0.321 e. The highest BCUT2D eigenvalue weighted by Crippen LogP contribution is 2.15. The van der Waals surface area contributed by atoms with Crippen molar-refractivity contribution in [2.24, 2.45) is 5.10 Å². The molecule has 9 nitrogen and oxygen atoms in total. The van der Waals surface area contributed by atoms with Crippen molar-refractivity contribution in [2.45, 2.75) is 33.1 Å². The molecule has 0 fully saturated rings. The second-order valence-corrected chi connectivity index (χ2v) is 8.43. The number of hydrogen-bond donors (Lipinski definition) is 2. The number of fused-ring (bicyclic) bond motifs is 1. The summed E-state index contributed by atoms with van der Waals surface area (Å²) >= 11 is 0. The molecule has 0 saturated carbocycles. The largest absolute Gasteiger partial charge is 0.321 e. The molecule has 0 bridgehead atoms. The predicted octanol–water partition coefficient (Wildman–Crippen LogP) is 3.50. The van der Waals surface area contributed by atoms with Crippen molar-refractivity contribution in [1.82, 2.24) is 20.2 Å². The van der Waals surface area contributed by atoms with Crippen LogP contribution in [0, 0.1) is 24.1 Å². The van der Waals surface area contributed by atoms with Crippen LogP contribution >= 0.6 is 0 Å². The maximum absolute atomic E-state index is 13.3. The normalized spacial score (nSPS) is 11.1. The third-order valence-corrected chi connectivity index (χ3v) is 5.86. The lowest BCUT2D eigenvalue weighted by Gasteiger charge is -2.10. The number of aryl methyl sites for hydroxylation is 1. The zero-order valence-electron chi connectivity index (χ0n) is 20.2. The van der Waals surface area contributed by atoms with Crippen LogP contribution in [0.3, 0.4) is 0 Å². The van der Waals surface area contributed by atoms with Gasteiger partial charge in [-0.3, -0.25) is 14.4 Å². The predicted molar refractivity (Wildman–Crippen MR) is 137 cm³/mol. The molecule has 2 aromatic carbocycles. The summed E-state index contributed by atoms with van der Waals surface area (Å²) in [5, 5.41) is 18.3. The zero-order valence-corrected chi connectivity index (χ0v) is 20.2. The van der Waals surface area contributed by atoms with Crippen molar-refractivity contribution in [1.29, 1.82) is 5.26 Å². The number of aromatic amines is 1. The van der Waals surface area contributed by atoms with Gasteiger partial charge in [0.25, 0.3) is 17.0 Å². The molecule has 2 heterocycles.